The van der Waals surface area contributed by atoms with E-state index in [1.807, 2.05) is 0 Å². The number of aryl methyl sites for hydroxylation is 4. The second-order valence-corrected chi connectivity index (χ2v) is 7.38. The maximum absolute atomic E-state index is 4.28. The molecular weight excluding hydrogens is 304 g/mol. The van der Waals surface area contributed by atoms with Gasteiger partial charge in [0.1, 0.15) is 0 Å². The number of thiol groups is 2. The Morgan fingerprint density at radius 3 is 1.32 bits per heavy atom. The van der Waals surface area contributed by atoms with Gasteiger partial charge < -0.3 is 0 Å². The van der Waals surface area contributed by atoms with Crippen molar-refractivity contribution in [3.63, 3.8) is 0 Å². The summed E-state index contributed by atoms with van der Waals surface area (Å²) in [6.07, 6.45) is 13.0. The number of benzene rings is 1. The van der Waals surface area contributed by atoms with E-state index >= 15 is 0 Å². The Morgan fingerprint density at radius 2 is 0.955 bits per heavy atom. The van der Waals surface area contributed by atoms with Gasteiger partial charge in [0, 0.05) is 0 Å². The molecule has 0 atom stereocenters. The molecule has 0 heterocycles. The minimum atomic E-state index is 1.03. The predicted molar refractivity (Wildman–Crippen MR) is 108 cm³/mol. The van der Waals surface area contributed by atoms with Gasteiger partial charge in [-0.3, -0.25) is 0 Å². The second-order valence-electron chi connectivity index (χ2n) is 6.48. The Labute approximate surface area is 149 Å². The molecule has 0 aliphatic carbocycles. The Morgan fingerprint density at radius 1 is 0.591 bits per heavy atom. The van der Waals surface area contributed by atoms with Crippen LogP contribution in [0.15, 0.2) is 12.1 Å². The molecule has 22 heavy (non-hydrogen) atoms. The summed E-state index contributed by atoms with van der Waals surface area (Å²) in [6, 6.07) is 4.88. The quantitative estimate of drug-likeness (QED) is 0.321. The highest BCUT2D eigenvalue weighted by Gasteiger charge is 2.05. The Hall–Kier alpha value is -0.0800. The van der Waals surface area contributed by atoms with Crippen molar-refractivity contribution in [2.45, 2.75) is 78.1 Å². The van der Waals surface area contributed by atoms with E-state index in [4.69, 9.17) is 0 Å². The number of rotatable bonds is 12. The molecule has 0 radical (unpaired) electrons. The van der Waals surface area contributed by atoms with Gasteiger partial charge in [-0.2, -0.15) is 25.3 Å². The molecule has 1 aromatic rings. The average molecular weight is 339 g/mol. The topological polar surface area (TPSA) is 0 Å². The minimum absolute atomic E-state index is 1.03. The zero-order chi connectivity index (χ0) is 16.2. The second kappa shape index (κ2) is 12.4. The van der Waals surface area contributed by atoms with Crippen molar-refractivity contribution in [2.75, 3.05) is 11.5 Å². The first-order valence-corrected chi connectivity index (χ1v) is 10.3. The van der Waals surface area contributed by atoms with Crippen molar-refractivity contribution in [3.05, 3.63) is 34.4 Å². The maximum atomic E-state index is 4.28. The van der Waals surface area contributed by atoms with Gasteiger partial charge >= 0.3 is 0 Å². The van der Waals surface area contributed by atoms with Crippen molar-refractivity contribution < 1.29 is 0 Å². The molecule has 0 spiro atoms. The van der Waals surface area contributed by atoms with E-state index in [0.29, 0.717) is 0 Å². The molecule has 0 N–H and O–H groups in total. The molecular formula is C20H34S2. The van der Waals surface area contributed by atoms with Gasteiger partial charge in [-0.1, -0.05) is 37.8 Å². The van der Waals surface area contributed by atoms with Gasteiger partial charge in [0.25, 0.3) is 0 Å². The van der Waals surface area contributed by atoms with Gasteiger partial charge in [0.15, 0.2) is 0 Å². The van der Waals surface area contributed by atoms with Crippen LogP contribution < -0.4 is 0 Å². The van der Waals surface area contributed by atoms with E-state index in [1.165, 1.54) is 75.3 Å². The fourth-order valence-corrected chi connectivity index (χ4v) is 3.48. The molecule has 0 saturated carbocycles. The molecule has 2 heteroatoms. The number of hydrogen-bond donors (Lipinski definition) is 2. The summed E-state index contributed by atoms with van der Waals surface area (Å²) < 4.78 is 0. The van der Waals surface area contributed by atoms with Crippen molar-refractivity contribution in [1.29, 1.82) is 0 Å². The fourth-order valence-electron chi connectivity index (χ4n) is 3.04. The van der Waals surface area contributed by atoms with Crippen LogP contribution in [0.1, 0.15) is 73.6 Å². The highest BCUT2D eigenvalue weighted by Crippen LogP contribution is 2.20. The molecule has 0 aliphatic heterocycles. The summed E-state index contributed by atoms with van der Waals surface area (Å²) >= 11 is 8.55. The highest BCUT2D eigenvalue weighted by molar-refractivity contribution is 7.80. The monoisotopic (exact) mass is 338 g/mol. The highest BCUT2D eigenvalue weighted by atomic mass is 32.1. The average Bonchev–Trinajstić information content (AvgIpc) is 2.51. The molecule has 1 aromatic carbocycles. The molecule has 1 rings (SSSR count). The molecule has 0 bridgehead atoms. The summed E-state index contributed by atoms with van der Waals surface area (Å²) in [5.74, 6) is 2.06. The molecule has 126 valence electrons. The van der Waals surface area contributed by atoms with Crippen LogP contribution >= 0.6 is 25.3 Å². The molecule has 0 aliphatic rings. The lowest BCUT2D eigenvalue weighted by atomic mass is 9.93. The summed E-state index contributed by atoms with van der Waals surface area (Å²) in [5, 5.41) is 0. The standard InChI is InChI=1S/C20H34S2/c1-17-15-20(12-8-4-6-10-14-22)18(2)16-19(17)11-7-3-5-9-13-21/h15-16,21-22H,3-14H2,1-2H3. The van der Waals surface area contributed by atoms with E-state index in [9.17, 15) is 0 Å². The molecule has 0 amide bonds. The molecule has 0 aromatic heterocycles. The van der Waals surface area contributed by atoms with E-state index in [1.54, 1.807) is 11.1 Å². The molecule has 0 fully saturated rings. The lowest BCUT2D eigenvalue weighted by Crippen LogP contribution is -1.97. The van der Waals surface area contributed by atoms with Crippen molar-refractivity contribution >= 4 is 25.3 Å². The first kappa shape index (κ1) is 20.0. The van der Waals surface area contributed by atoms with Gasteiger partial charge in [-0.05, 0) is 86.1 Å². The first-order valence-electron chi connectivity index (χ1n) is 8.99. The van der Waals surface area contributed by atoms with Crippen LogP contribution in [-0.4, -0.2) is 11.5 Å². The van der Waals surface area contributed by atoms with Crippen molar-refractivity contribution in [3.8, 4) is 0 Å². The van der Waals surface area contributed by atoms with Crippen LogP contribution in [0.25, 0.3) is 0 Å². The van der Waals surface area contributed by atoms with Crippen LogP contribution in [0.3, 0.4) is 0 Å². The van der Waals surface area contributed by atoms with Crippen LogP contribution in [0, 0.1) is 13.8 Å². The summed E-state index contributed by atoms with van der Waals surface area (Å²) in [6.45, 7) is 4.57. The maximum Gasteiger partial charge on any atom is -0.00979 e. The number of unbranched alkanes of at least 4 members (excludes halogenated alkanes) is 6. The fraction of sp³-hybridized carbons (Fsp3) is 0.700. The van der Waals surface area contributed by atoms with Crippen molar-refractivity contribution in [2.24, 2.45) is 0 Å². The number of hydrogen-bond acceptors (Lipinski definition) is 2. The Balaban J connectivity index is 2.42. The van der Waals surface area contributed by atoms with Gasteiger partial charge in [-0.15, -0.1) is 0 Å². The summed E-state index contributed by atoms with van der Waals surface area (Å²) in [4.78, 5) is 0. The lowest BCUT2D eigenvalue weighted by molar-refractivity contribution is 0.665. The van der Waals surface area contributed by atoms with Crippen LogP contribution in [-0.2, 0) is 12.8 Å². The van der Waals surface area contributed by atoms with Gasteiger partial charge in [0.05, 0.1) is 0 Å². The van der Waals surface area contributed by atoms with Gasteiger partial charge in [0.2, 0.25) is 0 Å². The summed E-state index contributed by atoms with van der Waals surface area (Å²) in [7, 11) is 0. The minimum Gasteiger partial charge on any atom is -0.179 e. The van der Waals surface area contributed by atoms with Gasteiger partial charge in [-0.25, -0.2) is 0 Å². The van der Waals surface area contributed by atoms with E-state index < -0.39 is 0 Å². The van der Waals surface area contributed by atoms with E-state index in [2.05, 4.69) is 51.2 Å². The van der Waals surface area contributed by atoms with E-state index in [-0.39, 0.29) is 0 Å². The third kappa shape index (κ3) is 7.97. The Kier molecular flexibility index (Phi) is 11.2. The molecule has 0 nitrogen and oxygen atoms in total. The third-order valence-corrected chi connectivity index (χ3v) is 5.14. The SMILES string of the molecule is Cc1cc(CCCCCCS)c(C)cc1CCCCCCS. The third-order valence-electron chi connectivity index (χ3n) is 4.50. The van der Waals surface area contributed by atoms with Crippen LogP contribution in [0.5, 0.6) is 0 Å². The largest absolute Gasteiger partial charge is 0.179 e. The smallest absolute Gasteiger partial charge is 0.00979 e. The zero-order valence-electron chi connectivity index (χ0n) is 14.5. The zero-order valence-corrected chi connectivity index (χ0v) is 16.3. The van der Waals surface area contributed by atoms with Crippen LogP contribution in [0.4, 0.5) is 0 Å². The first-order chi connectivity index (χ1) is 10.7. The lowest BCUT2D eigenvalue weighted by Gasteiger charge is -2.12. The van der Waals surface area contributed by atoms with Crippen LogP contribution in [0.2, 0.25) is 0 Å². The molecule has 0 unspecified atom stereocenters. The Bertz CT molecular complexity index is 373. The normalized spacial score (nSPS) is 11.1. The van der Waals surface area contributed by atoms with E-state index in [0.717, 1.165) is 11.5 Å². The predicted octanol–water partition coefficient (Wildman–Crippen LogP) is 6.37. The van der Waals surface area contributed by atoms with Crippen molar-refractivity contribution in [1.82, 2.24) is 0 Å². The molecule has 0 saturated heterocycles. The summed E-state index contributed by atoms with van der Waals surface area (Å²) in [5.41, 5.74) is 6.10.